The zero-order valence-corrected chi connectivity index (χ0v) is 16.1. The lowest BCUT2D eigenvalue weighted by Crippen LogP contribution is -2.47. The van der Waals surface area contributed by atoms with Gasteiger partial charge in [-0.25, -0.2) is 0 Å². The van der Waals surface area contributed by atoms with Crippen molar-refractivity contribution in [3.8, 4) is 0 Å². The van der Waals surface area contributed by atoms with Gasteiger partial charge in [0, 0.05) is 5.41 Å². The second-order valence-electron chi connectivity index (χ2n) is 9.97. The average molecular weight is 351 g/mol. The molecule has 0 aromatic heterocycles. The van der Waals surface area contributed by atoms with E-state index < -0.39 is 0 Å². The SMILES string of the molecule is C[C@@H]1CCC[C@@]2(C)CC[C@@H]3C(C)(C)C[C@@]4(C)CC(Br)=C1[C@]324. The summed E-state index contributed by atoms with van der Waals surface area (Å²) >= 11 is 4.06. The van der Waals surface area contributed by atoms with Crippen molar-refractivity contribution in [1.29, 1.82) is 0 Å². The number of halogens is 1. The van der Waals surface area contributed by atoms with Crippen molar-refractivity contribution in [2.24, 2.45) is 33.5 Å². The molecule has 0 saturated heterocycles. The predicted octanol–water partition coefficient (Wildman–Crippen LogP) is 6.70. The summed E-state index contributed by atoms with van der Waals surface area (Å²) in [5.74, 6) is 1.70. The summed E-state index contributed by atoms with van der Waals surface area (Å²) < 4.78 is 1.60. The van der Waals surface area contributed by atoms with Crippen LogP contribution in [-0.4, -0.2) is 0 Å². The Bertz CT molecular complexity index is 530. The van der Waals surface area contributed by atoms with E-state index >= 15 is 0 Å². The molecule has 0 aromatic carbocycles. The zero-order valence-electron chi connectivity index (χ0n) is 14.5. The molecule has 0 radical (unpaired) electrons. The van der Waals surface area contributed by atoms with Crippen molar-refractivity contribution in [1.82, 2.24) is 0 Å². The molecule has 3 saturated carbocycles. The van der Waals surface area contributed by atoms with Crippen LogP contribution in [-0.2, 0) is 0 Å². The summed E-state index contributed by atoms with van der Waals surface area (Å²) in [7, 11) is 0. The van der Waals surface area contributed by atoms with Crippen LogP contribution in [0.25, 0.3) is 0 Å². The monoisotopic (exact) mass is 350 g/mol. The molecule has 0 N–H and O–H groups in total. The summed E-state index contributed by atoms with van der Waals surface area (Å²) in [5.41, 5.74) is 3.95. The molecular formula is C20H31Br. The van der Waals surface area contributed by atoms with E-state index in [-0.39, 0.29) is 0 Å². The van der Waals surface area contributed by atoms with Crippen LogP contribution in [0, 0.1) is 33.5 Å². The van der Waals surface area contributed by atoms with E-state index in [0.717, 1.165) is 11.8 Å². The lowest BCUT2D eigenvalue weighted by atomic mass is 9.51. The van der Waals surface area contributed by atoms with Crippen LogP contribution in [0.5, 0.6) is 0 Å². The van der Waals surface area contributed by atoms with Crippen LogP contribution in [0.1, 0.15) is 79.6 Å². The smallest absolute Gasteiger partial charge is 0.00698 e. The predicted molar refractivity (Wildman–Crippen MR) is 93.4 cm³/mol. The van der Waals surface area contributed by atoms with Crippen LogP contribution in [0.3, 0.4) is 0 Å². The third-order valence-corrected chi connectivity index (χ3v) is 9.03. The standard InChI is InChI=1S/C20H31Br/c1-13-7-6-9-18(4)10-8-15-17(2,3)12-19(5)11-14(21)16(13)20(15,18)19/h13,15H,6-12H2,1-5H3/t13-,15-,18+,19-,20-/m1/s1. The maximum Gasteiger partial charge on any atom is 0.00698 e. The largest absolute Gasteiger partial charge is 0.0596 e. The number of allylic oxidation sites excluding steroid dienone is 2. The van der Waals surface area contributed by atoms with Crippen molar-refractivity contribution in [2.75, 3.05) is 0 Å². The zero-order chi connectivity index (χ0) is 15.3. The van der Waals surface area contributed by atoms with Gasteiger partial charge in [0.2, 0.25) is 0 Å². The van der Waals surface area contributed by atoms with Crippen LogP contribution >= 0.6 is 15.9 Å². The molecule has 21 heavy (non-hydrogen) atoms. The molecule has 5 atom stereocenters. The van der Waals surface area contributed by atoms with Crippen LogP contribution in [0.4, 0.5) is 0 Å². The average Bonchev–Trinajstić information content (AvgIpc) is 2.77. The van der Waals surface area contributed by atoms with Crippen molar-refractivity contribution < 1.29 is 0 Å². The summed E-state index contributed by atoms with van der Waals surface area (Å²) in [6.45, 7) is 13.0. The van der Waals surface area contributed by atoms with Crippen molar-refractivity contribution >= 4 is 15.9 Å². The van der Waals surface area contributed by atoms with Crippen molar-refractivity contribution in [3.05, 3.63) is 10.1 Å². The quantitative estimate of drug-likeness (QED) is 0.456. The fraction of sp³-hybridized carbons (Fsp3) is 0.900. The van der Waals surface area contributed by atoms with E-state index in [1.54, 1.807) is 4.48 Å². The van der Waals surface area contributed by atoms with Gasteiger partial charge in [-0.3, -0.25) is 0 Å². The fourth-order valence-electron chi connectivity index (χ4n) is 8.30. The Kier molecular flexibility index (Phi) is 2.82. The minimum absolute atomic E-state index is 0.498. The first-order chi connectivity index (χ1) is 9.68. The van der Waals surface area contributed by atoms with E-state index in [4.69, 9.17) is 0 Å². The molecule has 3 fully saturated rings. The Labute approximate surface area is 139 Å². The summed E-state index contributed by atoms with van der Waals surface area (Å²) in [5, 5.41) is 0. The highest BCUT2D eigenvalue weighted by Crippen LogP contribution is 2.84. The third-order valence-electron chi connectivity index (χ3n) is 8.32. The fourth-order valence-corrected chi connectivity index (χ4v) is 9.63. The van der Waals surface area contributed by atoms with Gasteiger partial charge >= 0.3 is 0 Å². The summed E-state index contributed by atoms with van der Waals surface area (Å²) in [6, 6.07) is 0. The molecule has 0 amide bonds. The van der Waals surface area contributed by atoms with Crippen LogP contribution in [0.15, 0.2) is 10.1 Å². The highest BCUT2D eigenvalue weighted by atomic mass is 79.9. The van der Waals surface area contributed by atoms with Gasteiger partial charge in [-0.15, -0.1) is 0 Å². The molecule has 0 bridgehead atoms. The van der Waals surface area contributed by atoms with Crippen molar-refractivity contribution in [2.45, 2.75) is 79.6 Å². The van der Waals surface area contributed by atoms with Gasteiger partial charge in [-0.05, 0) is 76.7 Å². The molecule has 0 unspecified atom stereocenters. The number of hydrogen-bond donors (Lipinski definition) is 0. The van der Waals surface area contributed by atoms with Crippen LogP contribution in [0.2, 0.25) is 0 Å². The van der Waals surface area contributed by atoms with Gasteiger partial charge in [0.05, 0.1) is 0 Å². The molecule has 118 valence electrons. The van der Waals surface area contributed by atoms with E-state index in [2.05, 4.69) is 50.5 Å². The highest BCUT2D eigenvalue weighted by molar-refractivity contribution is 9.11. The van der Waals surface area contributed by atoms with Gasteiger partial charge in [0.15, 0.2) is 0 Å². The Morgan fingerprint density at radius 1 is 1.00 bits per heavy atom. The first kappa shape index (κ1) is 14.8. The Morgan fingerprint density at radius 3 is 2.43 bits per heavy atom. The first-order valence-electron chi connectivity index (χ1n) is 9.07. The van der Waals surface area contributed by atoms with Crippen molar-refractivity contribution in [3.63, 3.8) is 0 Å². The molecule has 4 aliphatic rings. The first-order valence-corrected chi connectivity index (χ1v) is 9.86. The van der Waals surface area contributed by atoms with E-state index in [1.165, 1.54) is 44.9 Å². The van der Waals surface area contributed by atoms with E-state index in [9.17, 15) is 0 Å². The number of rotatable bonds is 0. The molecule has 1 heteroatoms. The molecule has 0 aliphatic heterocycles. The number of hydrogen-bond acceptors (Lipinski definition) is 0. The highest BCUT2D eigenvalue weighted by Gasteiger charge is 2.76. The van der Waals surface area contributed by atoms with Crippen LogP contribution < -0.4 is 0 Å². The minimum atomic E-state index is 0.498. The topological polar surface area (TPSA) is 0 Å². The van der Waals surface area contributed by atoms with Gasteiger partial charge in [0.25, 0.3) is 0 Å². The molecule has 0 heterocycles. The second kappa shape index (κ2) is 4.00. The van der Waals surface area contributed by atoms with Gasteiger partial charge in [-0.1, -0.05) is 57.0 Å². The molecule has 1 spiro atoms. The summed E-state index contributed by atoms with van der Waals surface area (Å²) in [6.07, 6.45) is 9.97. The summed E-state index contributed by atoms with van der Waals surface area (Å²) in [4.78, 5) is 0. The lowest BCUT2D eigenvalue weighted by Gasteiger charge is -2.52. The maximum absolute atomic E-state index is 4.06. The molecular weight excluding hydrogens is 320 g/mol. The van der Waals surface area contributed by atoms with Gasteiger partial charge in [0.1, 0.15) is 0 Å². The maximum atomic E-state index is 4.06. The third kappa shape index (κ3) is 1.44. The molecule has 0 nitrogen and oxygen atoms in total. The van der Waals surface area contributed by atoms with E-state index in [0.29, 0.717) is 21.7 Å². The van der Waals surface area contributed by atoms with Gasteiger partial charge in [-0.2, -0.15) is 0 Å². The molecule has 4 aliphatic carbocycles. The Hall–Kier alpha value is 0.220. The Morgan fingerprint density at radius 2 is 1.71 bits per heavy atom. The lowest BCUT2D eigenvalue weighted by molar-refractivity contribution is -0.0000886. The minimum Gasteiger partial charge on any atom is -0.0596 e. The molecule has 4 rings (SSSR count). The van der Waals surface area contributed by atoms with E-state index in [1.807, 2.05) is 5.57 Å². The normalized spacial score (nSPS) is 54.6. The molecule has 0 aromatic rings. The Balaban J connectivity index is 2.03. The van der Waals surface area contributed by atoms with Gasteiger partial charge < -0.3 is 0 Å². The second-order valence-corrected chi connectivity index (χ2v) is 10.9.